The Balaban J connectivity index is 1.74. The summed E-state index contributed by atoms with van der Waals surface area (Å²) in [5, 5.41) is 9.51. The minimum atomic E-state index is -1.15. The van der Waals surface area contributed by atoms with Crippen LogP contribution in [0.4, 0.5) is 10.5 Å². The topological polar surface area (TPSA) is 78.5 Å². The van der Waals surface area contributed by atoms with E-state index in [1.165, 1.54) is 11.3 Å². The van der Waals surface area contributed by atoms with E-state index in [2.05, 4.69) is 10.6 Å². The summed E-state index contributed by atoms with van der Waals surface area (Å²) in [6.07, 6.45) is 0. The molecule has 4 amide bonds. The molecule has 2 aromatic rings. The summed E-state index contributed by atoms with van der Waals surface area (Å²) < 4.78 is 0. The van der Waals surface area contributed by atoms with Gasteiger partial charge in [-0.3, -0.25) is 14.5 Å². The Morgan fingerprint density at radius 2 is 2.12 bits per heavy atom. The molecule has 3 rings (SSSR count). The highest BCUT2D eigenvalue weighted by atomic mass is 35.5. The normalized spacial score (nSPS) is 19.9. The summed E-state index contributed by atoms with van der Waals surface area (Å²) in [4.78, 5) is 38.1. The van der Waals surface area contributed by atoms with Gasteiger partial charge in [0.15, 0.2) is 0 Å². The Morgan fingerprint density at radius 1 is 1.36 bits per heavy atom. The quantitative estimate of drug-likeness (QED) is 0.803. The van der Waals surface area contributed by atoms with Crippen molar-refractivity contribution in [1.82, 2.24) is 10.2 Å². The molecule has 1 saturated heterocycles. The van der Waals surface area contributed by atoms with Crippen molar-refractivity contribution in [2.24, 2.45) is 0 Å². The van der Waals surface area contributed by atoms with Crippen LogP contribution in [0.2, 0.25) is 5.02 Å². The number of halogens is 1. The van der Waals surface area contributed by atoms with Crippen LogP contribution in [0, 0.1) is 6.92 Å². The van der Waals surface area contributed by atoms with Crippen LogP contribution >= 0.6 is 22.9 Å². The molecule has 0 aliphatic carbocycles. The predicted octanol–water partition coefficient (Wildman–Crippen LogP) is 3.12. The molecule has 25 heavy (non-hydrogen) atoms. The maximum absolute atomic E-state index is 12.7. The first-order valence-corrected chi connectivity index (χ1v) is 8.87. The van der Waals surface area contributed by atoms with Gasteiger partial charge in [-0.15, -0.1) is 0 Å². The van der Waals surface area contributed by atoms with E-state index in [0.29, 0.717) is 16.3 Å². The van der Waals surface area contributed by atoms with Gasteiger partial charge in [0.25, 0.3) is 5.91 Å². The number of imide groups is 1. The molecule has 0 radical (unpaired) electrons. The number of urea groups is 1. The number of hydrogen-bond donors (Lipinski definition) is 2. The Hall–Kier alpha value is -2.38. The van der Waals surface area contributed by atoms with Crippen molar-refractivity contribution in [3.8, 4) is 0 Å². The van der Waals surface area contributed by atoms with Crippen molar-refractivity contribution in [2.45, 2.75) is 19.4 Å². The lowest BCUT2D eigenvalue weighted by molar-refractivity contribution is -0.133. The summed E-state index contributed by atoms with van der Waals surface area (Å²) in [5.74, 6) is -0.919. The van der Waals surface area contributed by atoms with Crippen molar-refractivity contribution < 1.29 is 14.4 Å². The largest absolute Gasteiger partial charge is 0.325 e. The van der Waals surface area contributed by atoms with Crippen LogP contribution in [0.15, 0.2) is 35.0 Å². The lowest BCUT2D eigenvalue weighted by Crippen LogP contribution is -2.41. The Kier molecular flexibility index (Phi) is 4.53. The van der Waals surface area contributed by atoms with Crippen LogP contribution in [0.3, 0.4) is 0 Å². The molecule has 0 saturated carbocycles. The van der Waals surface area contributed by atoms with E-state index in [4.69, 9.17) is 11.6 Å². The van der Waals surface area contributed by atoms with E-state index in [0.717, 1.165) is 10.5 Å². The molecule has 1 aromatic heterocycles. The third kappa shape index (κ3) is 3.12. The van der Waals surface area contributed by atoms with Gasteiger partial charge in [-0.1, -0.05) is 17.7 Å². The highest BCUT2D eigenvalue weighted by Gasteiger charge is 2.49. The number of thiophene rings is 1. The third-order valence-corrected chi connectivity index (χ3v) is 5.31. The zero-order chi connectivity index (χ0) is 18.2. The van der Waals surface area contributed by atoms with Crippen molar-refractivity contribution in [1.29, 1.82) is 0 Å². The Bertz CT molecular complexity index is 853. The first-order chi connectivity index (χ1) is 11.8. The average molecular weight is 378 g/mol. The standard InChI is InChI=1S/C17H16ClN3O3S/c1-10-12(18)4-3-5-13(10)19-14(22)8-21-15(23)17(2,20-16(21)24)11-6-7-25-9-11/h3-7,9H,8H2,1-2H3,(H,19,22)(H,20,24). The molecule has 0 spiro atoms. The average Bonchev–Trinajstić information content (AvgIpc) is 3.17. The molecule has 130 valence electrons. The van der Waals surface area contributed by atoms with Crippen LogP contribution in [-0.2, 0) is 15.1 Å². The molecule has 8 heteroatoms. The molecule has 1 aliphatic rings. The molecular weight excluding hydrogens is 362 g/mol. The van der Waals surface area contributed by atoms with Gasteiger partial charge in [0, 0.05) is 10.7 Å². The zero-order valence-electron chi connectivity index (χ0n) is 13.6. The van der Waals surface area contributed by atoms with Crippen molar-refractivity contribution in [3.05, 3.63) is 51.2 Å². The number of rotatable bonds is 4. The smallest absolute Gasteiger partial charge is 0.324 e. The number of benzene rings is 1. The monoisotopic (exact) mass is 377 g/mol. The molecule has 0 bridgehead atoms. The van der Waals surface area contributed by atoms with Gasteiger partial charge in [-0.05, 0) is 53.9 Å². The number of anilines is 1. The zero-order valence-corrected chi connectivity index (χ0v) is 15.2. The van der Waals surface area contributed by atoms with Crippen molar-refractivity contribution in [3.63, 3.8) is 0 Å². The fraction of sp³-hybridized carbons (Fsp3) is 0.235. The summed E-state index contributed by atoms with van der Waals surface area (Å²) in [6, 6.07) is 6.33. The summed E-state index contributed by atoms with van der Waals surface area (Å²) in [5.41, 5.74) is 0.816. The molecule has 1 unspecified atom stereocenters. The highest BCUT2D eigenvalue weighted by Crippen LogP contribution is 2.30. The van der Waals surface area contributed by atoms with Gasteiger partial charge >= 0.3 is 6.03 Å². The first kappa shape index (κ1) is 17.4. The number of nitrogens with one attached hydrogen (secondary N) is 2. The number of nitrogens with zero attached hydrogens (tertiary/aromatic N) is 1. The second-order valence-corrected chi connectivity index (χ2v) is 7.11. The summed E-state index contributed by atoms with van der Waals surface area (Å²) in [7, 11) is 0. The van der Waals surface area contributed by atoms with Crippen LogP contribution < -0.4 is 10.6 Å². The van der Waals surface area contributed by atoms with Crippen LogP contribution in [-0.4, -0.2) is 29.3 Å². The van der Waals surface area contributed by atoms with Crippen LogP contribution in [0.1, 0.15) is 18.1 Å². The van der Waals surface area contributed by atoms with Gasteiger partial charge in [0.05, 0.1) is 0 Å². The molecule has 6 nitrogen and oxygen atoms in total. The molecule has 1 aromatic carbocycles. The van der Waals surface area contributed by atoms with Gasteiger partial charge < -0.3 is 10.6 Å². The van der Waals surface area contributed by atoms with Crippen LogP contribution in [0.25, 0.3) is 0 Å². The Morgan fingerprint density at radius 3 is 2.80 bits per heavy atom. The SMILES string of the molecule is Cc1c(Cl)cccc1NC(=O)CN1C(=O)NC(C)(c2ccsc2)C1=O. The lowest BCUT2D eigenvalue weighted by Gasteiger charge is -2.20. The van der Waals surface area contributed by atoms with Crippen LogP contribution in [0.5, 0.6) is 0 Å². The van der Waals surface area contributed by atoms with Crippen molar-refractivity contribution >= 4 is 46.5 Å². The summed E-state index contributed by atoms with van der Waals surface area (Å²) in [6.45, 7) is 3.05. The van der Waals surface area contributed by atoms with E-state index in [-0.39, 0.29) is 6.54 Å². The van der Waals surface area contributed by atoms with E-state index in [1.54, 1.807) is 43.5 Å². The highest BCUT2D eigenvalue weighted by molar-refractivity contribution is 7.08. The van der Waals surface area contributed by atoms with E-state index < -0.39 is 23.4 Å². The minimum Gasteiger partial charge on any atom is -0.324 e. The number of carbonyl (C=O) groups is 3. The fourth-order valence-electron chi connectivity index (χ4n) is 2.66. The number of hydrogen-bond acceptors (Lipinski definition) is 4. The van der Waals surface area contributed by atoms with E-state index >= 15 is 0 Å². The molecule has 2 heterocycles. The molecule has 1 aliphatic heterocycles. The van der Waals surface area contributed by atoms with E-state index in [1.807, 2.05) is 5.38 Å². The minimum absolute atomic E-state index is 0.365. The lowest BCUT2D eigenvalue weighted by atomic mass is 9.95. The maximum atomic E-state index is 12.7. The summed E-state index contributed by atoms with van der Waals surface area (Å²) >= 11 is 7.46. The second kappa shape index (κ2) is 6.50. The number of amides is 4. The molecule has 1 fully saturated rings. The van der Waals surface area contributed by atoms with E-state index in [9.17, 15) is 14.4 Å². The number of carbonyl (C=O) groups excluding carboxylic acids is 3. The molecular formula is C17H16ClN3O3S. The fourth-order valence-corrected chi connectivity index (χ4v) is 3.60. The molecule has 1 atom stereocenters. The van der Waals surface area contributed by atoms with Gasteiger partial charge in [-0.2, -0.15) is 11.3 Å². The first-order valence-electron chi connectivity index (χ1n) is 7.54. The Labute approximate surface area is 153 Å². The van der Waals surface area contributed by atoms with Gasteiger partial charge in [-0.25, -0.2) is 4.79 Å². The maximum Gasteiger partial charge on any atom is 0.325 e. The van der Waals surface area contributed by atoms with Crippen molar-refractivity contribution in [2.75, 3.05) is 11.9 Å². The second-order valence-electron chi connectivity index (χ2n) is 5.92. The third-order valence-electron chi connectivity index (χ3n) is 4.22. The molecule has 2 N–H and O–H groups in total. The predicted molar refractivity (Wildman–Crippen MR) is 96.7 cm³/mol. The van der Waals surface area contributed by atoms with Gasteiger partial charge in [0.1, 0.15) is 12.1 Å². The van der Waals surface area contributed by atoms with Gasteiger partial charge in [0.2, 0.25) is 5.91 Å².